The predicted molar refractivity (Wildman–Crippen MR) is 79.2 cm³/mol. The number of carbonyl (C=O) groups is 1. The molecule has 1 fully saturated rings. The highest BCUT2D eigenvalue weighted by molar-refractivity contribution is 5.80. The molecule has 0 aliphatic carbocycles. The van der Waals surface area contributed by atoms with E-state index in [1.807, 2.05) is 37.3 Å². The molecule has 20 heavy (non-hydrogen) atoms. The van der Waals surface area contributed by atoms with Gasteiger partial charge in [-0.1, -0.05) is 43.4 Å². The van der Waals surface area contributed by atoms with Crippen molar-refractivity contribution in [2.75, 3.05) is 13.1 Å². The molecule has 3 nitrogen and oxygen atoms in total. The summed E-state index contributed by atoms with van der Waals surface area (Å²) in [6, 6.07) is 9.70. The van der Waals surface area contributed by atoms with Gasteiger partial charge in [0.05, 0.1) is 0 Å². The fourth-order valence-corrected chi connectivity index (χ4v) is 2.61. The van der Waals surface area contributed by atoms with Crippen molar-refractivity contribution in [1.82, 2.24) is 5.32 Å². The highest BCUT2D eigenvalue weighted by Gasteiger charge is 2.44. The Morgan fingerprint density at radius 1 is 1.45 bits per heavy atom. The number of allylic oxidation sites excluding steroid dienone is 1. The first-order valence-electron chi connectivity index (χ1n) is 6.89. The molecule has 1 aromatic carbocycles. The Labute approximate surface area is 119 Å². The molecule has 1 aromatic rings. The summed E-state index contributed by atoms with van der Waals surface area (Å²) in [4.78, 5) is 11.6. The quantitative estimate of drug-likeness (QED) is 0.829. The first-order chi connectivity index (χ1) is 9.69. The fourth-order valence-electron chi connectivity index (χ4n) is 2.61. The maximum Gasteiger partial charge on any atom is 0.315 e. The van der Waals surface area contributed by atoms with Crippen LogP contribution in [-0.4, -0.2) is 24.2 Å². The summed E-state index contributed by atoms with van der Waals surface area (Å²) in [5.41, 5.74) is 1.04. The molecule has 1 atom stereocenters. The van der Waals surface area contributed by atoms with Gasteiger partial charge in [0.15, 0.2) is 0 Å². The van der Waals surface area contributed by atoms with Crippen LogP contribution >= 0.6 is 0 Å². The van der Waals surface area contributed by atoms with Crippen molar-refractivity contribution in [1.29, 1.82) is 0 Å². The van der Waals surface area contributed by atoms with Gasteiger partial charge in [0.25, 0.3) is 0 Å². The molecule has 0 unspecified atom stereocenters. The minimum Gasteiger partial charge on any atom is -0.481 e. The largest absolute Gasteiger partial charge is 0.481 e. The Morgan fingerprint density at radius 3 is 2.85 bits per heavy atom. The van der Waals surface area contributed by atoms with E-state index in [-0.39, 0.29) is 0 Å². The Kier molecular flexibility index (Phi) is 4.60. The number of rotatable bonds is 3. The smallest absolute Gasteiger partial charge is 0.315 e. The van der Waals surface area contributed by atoms with E-state index < -0.39 is 11.4 Å². The van der Waals surface area contributed by atoms with Crippen LogP contribution in [0, 0.1) is 17.3 Å². The van der Waals surface area contributed by atoms with Crippen molar-refractivity contribution in [2.24, 2.45) is 5.41 Å². The van der Waals surface area contributed by atoms with Crippen LogP contribution in [0.2, 0.25) is 0 Å². The molecule has 0 spiro atoms. The summed E-state index contributed by atoms with van der Waals surface area (Å²) in [6.07, 6.45) is 3.27. The van der Waals surface area contributed by atoms with Gasteiger partial charge in [-0.15, -0.1) is 0 Å². The molecular weight excluding hydrogens is 250 g/mol. The van der Waals surface area contributed by atoms with Crippen LogP contribution in [0.3, 0.4) is 0 Å². The van der Waals surface area contributed by atoms with E-state index in [2.05, 4.69) is 17.2 Å². The Bertz CT molecular complexity index is 566. The van der Waals surface area contributed by atoms with Gasteiger partial charge in [0, 0.05) is 18.7 Å². The summed E-state index contributed by atoms with van der Waals surface area (Å²) in [6.45, 7) is 3.11. The third kappa shape index (κ3) is 2.92. The average molecular weight is 269 g/mol. The normalized spacial score (nSPS) is 23.4. The van der Waals surface area contributed by atoms with Crippen LogP contribution in [0.5, 0.6) is 0 Å². The molecule has 1 aliphatic heterocycles. The van der Waals surface area contributed by atoms with Crippen LogP contribution in [0.25, 0.3) is 0 Å². The lowest BCUT2D eigenvalue weighted by Crippen LogP contribution is -2.34. The van der Waals surface area contributed by atoms with E-state index >= 15 is 0 Å². The molecule has 0 aromatic heterocycles. The van der Waals surface area contributed by atoms with Crippen molar-refractivity contribution >= 4 is 5.97 Å². The standard InChI is InChI=1S/C17H19NO2/c1-2-11-17(16(19)20)13-18-12-15(17)10-6-9-14-7-4-3-5-8-14/h3-5,7-8,10,18H,2,11-13H2,1H3,(H,19,20)/b15-10-/t17-/m0/s1. The lowest BCUT2D eigenvalue weighted by molar-refractivity contribution is -0.146. The van der Waals surface area contributed by atoms with Crippen LogP contribution in [-0.2, 0) is 4.79 Å². The summed E-state index contributed by atoms with van der Waals surface area (Å²) in [7, 11) is 0. The molecule has 2 N–H and O–H groups in total. The Morgan fingerprint density at radius 2 is 2.20 bits per heavy atom. The molecule has 0 amide bonds. The lowest BCUT2D eigenvalue weighted by atomic mass is 9.78. The van der Waals surface area contributed by atoms with Gasteiger partial charge in [0.1, 0.15) is 5.41 Å². The number of hydrogen-bond acceptors (Lipinski definition) is 2. The monoisotopic (exact) mass is 269 g/mol. The molecule has 0 bridgehead atoms. The molecule has 104 valence electrons. The number of carboxylic acids is 1. The number of hydrogen-bond donors (Lipinski definition) is 2. The minimum atomic E-state index is -0.778. The van der Waals surface area contributed by atoms with Gasteiger partial charge in [-0.25, -0.2) is 0 Å². The first kappa shape index (κ1) is 14.4. The number of aliphatic carboxylic acids is 1. The topological polar surface area (TPSA) is 49.3 Å². The van der Waals surface area contributed by atoms with Gasteiger partial charge in [-0.2, -0.15) is 0 Å². The van der Waals surface area contributed by atoms with Crippen LogP contribution in [0.1, 0.15) is 25.3 Å². The maximum absolute atomic E-state index is 11.6. The Hall–Kier alpha value is -2.05. The van der Waals surface area contributed by atoms with E-state index in [0.29, 0.717) is 19.5 Å². The molecule has 2 rings (SSSR count). The fraction of sp³-hybridized carbons (Fsp3) is 0.353. The second kappa shape index (κ2) is 6.40. The third-order valence-electron chi connectivity index (χ3n) is 3.68. The van der Waals surface area contributed by atoms with Crippen molar-refractivity contribution in [3.63, 3.8) is 0 Å². The van der Waals surface area contributed by atoms with Crippen molar-refractivity contribution in [2.45, 2.75) is 19.8 Å². The van der Waals surface area contributed by atoms with E-state index in [0.717, 1.165) is 17.6 Å². The van der Waals surface area contributed by atoms with Crippen LogP contribution < -0.4 is 5.32 Å². The predicted octanol–water partition coefficient (Wildman–Crippen LogP) is 2.44. The van der Waals surface area contributed by atoms with Gasteiger partial charge in [-0.05, 0) is 30.2 Å². The number of benzene rings is 1. The van der Waals surface area contributed by atoms with Crippen molar-refractivity contribution in [3.05, 3.63) is 47.5 Å². The summed E-state index contributed by atoms with van der Waals surface area (Å²) in [5.74, 6) is 5.29. The maximum atomic E-state index is 11.6. The zero-order chi connectivity index (χ0) is 14.4. The van der Waals surface area contributed by atoms with Crippen molar-refractivity contribution in [3.8, 4) is 11.8 Å². The second-order valence-electron chi connectivity index (χ2n) is 5.05. The van der Waals surface area contributed by atoms with Gasteiger partial charge in [-0.3, -0.25) is 4.79 Å². The molecule has 3 heteroatoms. The molecular formula is C17H19NO2. The number of carboxylic acid groups (broad SMARTS) is 1. The van der Waals surface area contributed by atoms with E-state index in [1.165, 1.54) is 0 Å². The van der Waals surface area contributed by atoms with Gasteiger partial charge < -0.3 is 10.4 Å². The Balaban J connectivity index is 2.24. The average Bonchev–Trinajstić information content (AvgIpc) is 2.85. The highest BCUT2D eigenvalue weighted by Crippen LogP contribution is 2.36. The first-order valence-corrected chi connectivity index (χ1v) is 6.89. The molecule has 1 aliphatic rings. The van der Waals surface area contributed by atoms with Gasteiger partial charge in [0.2, 0.25) is 0 Å². The highest BCUT2D eigenvalue weighted by atomic mass is 16.4. The molecule has 0 radical (unpaired) electrons. The van der Waals surface area contributed by atoms with E-state index in [9.17, 15) is 9.90 Å². The SMILES string of the molecule is CCC[C@]1(C(=O)O)CNC/C1=C/C#Cc1ccccc1. The second-order valence-corrected chi connectivity index (χ2v) is 5.05. The molecule has 1 saturated heterocycles. The summed E-state index contributed by atoms with van der Waals surface area (Å²) >= 11 is 0. The van der Waals surface area contributed by atoms with E-state index in [4.69, 9.17) is 0 Å². The zero-order valence-corrected chi connectivity index (χ0v) is 11.6. The zero-order valence-electron chi connectivity index (χ0n) is 11.6. The summed E-state index contributed by atoms with van der Waals surface area (Å²) in [5, 5.41) is 12.7. The lowest BCUT2D eigenvalue weighted by Gasteiger charge is -2.24. The van der Waals surface area contributed by atoms with Gasteiger partial charge >= 0.3 is 5.97 Å². The van der Waals surface area contributed by atoms with E-state index in [1.54, 1.807) is 6.08 Å². The molecule has 1 heterocycles. The van der Waals surface area contributed by atoms with Crippen molar-refractivity contribution < 1.29 is 9.90 Å². The number of nitrogens with one attached hydrogen (secondary N) is 1. The summed E-state index contributed by atoms with van der Waals surface area (Å²) < 4.78 is 0. The molecule has 0 saturated carbocycles. The minimum absolute atomic E-state index is 0.495. The van der Waals surface area contributed by atoms with Crippen LogP contribution in [0.4, 0.5) is 0 Å². The third-order valence-corrected chi connectivity index (χ3v) is 3.68. The van der Waals surface area contributed by atoms with Crippen LogP contribution in [0.15, 0.2) is 42.0 Å².